The van der Waals surface area contributed by atoms with Crippen molar-refractivity contribution in [3.63, 3.8) is 0 Å². The molecule has 0 saturated carbocycles. The van der Waals surface area contributed by atoms with Crippen molar-refractivity contribution >= 4 is 41.4 Å². The van der Waals surface area contributed by atoms with E-state index in [0.717, 1.165) is 52.8 Å². The Hall–Kier alpha value is -2.34. The molecular weight excluding hydrogens is 406 g/mol. The summed E-state index contributed by atoms with van der Waals surface area (Å²) in [5, 5.41) is 18.7. The Balaban J connectivity index is 2.15. The molecule has 0 atom stereocenters. The fourth-order valence-corrected chi connectivity index (χ4v) is 4.35. The fourth-order valence-electron chi connectivity index (χ4n) is 3.07. The van der Waals surface area contributed by atoms with Crippen molar-refractivity contribution in [1.29, 1.82) is 10.5 Å². The number of hydrogen-bond donors (Lipinski definition) is 0. The third-order valence-corrected chi connectivity index (χ3v) is 6.53. The number of anilines is 1. The summed E-state index contributed by atoms with van der Waals surface area (Å²) in [5.74, 6) is 4.58. The van der Waals surface area contributed by atoms with Crippen LogP contribution in [0.1, 0.15) is 41.7 Å². The van der Waals surface area contributed by atoms with Crippen molar-refractivity contribution in [3.8, 4) is 12.1 Å². The molecule has 0 aliphatic carbocycles. The van der Waals surface area contributed by atoms with Crippen LogP contribution in [0, 0.1) is 29.6 Å². The number of aryl methyl sites for hydroxylation is 1. The Morgan fingerprint density at radius 1 is 0.867 bits per heavy atom. The van der Waals surface area contributed by atoms with Crippen LogP contribution < -0.4 is 4.90 Å². The van der Waals surface area contributed by atoms with Gasteiger partial charge in [-0.3, -0.25) is 0 Å². The summed E-state index contributed by atoms with van der Waals surface area (Å²) in [7, 11) is 0. The van der Waals surface area contributed by atoms with Crippen molar-refractivity contribution in [2.45, 2.75) is 20.8 Å². The second kappa shape index (κ2) is 13.1. The highest BCUT2D eigenvalue weighted by Crippen LogP contribution is 2.21. The first-order valence-corrected chi connectivity index (χ1v) is 12.6. The zero-order chi connectivity index (χ0) is 21.8. The highest BCUT2D eigenvalue weighted by molar-refractivity contribution is 7.99. The molecule has 0 aliphatic heterocycles. The summed E-state index contributed by atoms with van der Waals surface area (Å²) in [5.41, 5.74) is 5.13. The second-order valence-corrected chi connectivity index (χ2v) is 9.57. The lowest BCUT2D eigenvalue weighted by Gasteiger charge is -2.24. The maximum absolute atomic E-state index is 9.40. The predicted octanol–water partition coefficient (Wildman–Crippen LogP) is 6.22. The number of benzene rings is 2. The summed E-state index contributed by atoms with van der Waals surface area (Å²) in [6.07, 6.45) is 3.92. The number of rotatable bonds is 11. The molecule has 0 spiro atoms. The average Bonchev–Trinajstić information content (AvgIpc) is 2.77. The first-order valence-electron chi connectivity index (χ1n) is 10.3. The lowest BCUT2D eigenvalue weighted by Crippen LogP contribution is -2.28. The standard InChI is InChI=1S/C25H29N3S2/c1-4-29-14-12-28(13-15-30-5-2)25-10-7-21(8-11-25)6-9-22-17-23(18-26)20(3)16-24(22)19-27/h6-11,16-17H,4-5,12-15H2,1-3H3/b9-6+. The van der Waals surface area contributed by atoms with Crippen molar-refractivity contribution in [2.75, 3.05) is 41.0 Å². The van der Waals surface area contributed by atoms with Crippen molar-refractivity contribution in [2.24, 2.45) is 0 Å². The Bertz CT molecular complexity index is 911. The Morgan fingerprint density at radius 3 is 2.00 bits per heavy atom. The molecule has 0 aromatic heterocycles. The summed E-state index contributed by atoms with van der Waals surface area (Å²) < 4.78 is 0. The van der Waals surface area contributed by atoms with E-state index in [1.54, 1.807) is 12.1 Å². The zero-order valence-electron chi connectivity index (χ0n) is 18.0. The smallest absolute Gasteiger partial charge is 0.0998 e. The van der Waals surface area contributed by atoms with Crippen LogP contribution in [0.25, 0.3) is 12.2 Å². The van der Waals surface area contributed by atoms with Gasteiger partial charge in [-0.05, 0) is 59.4 Å². The van der Waals surface area contributed by atoms with Gasteiger partial charge in [-0.1, -0.05) is 38.1 Å². The molecule has 0 unspecified atom stereocenters. The van der Waals surface area contributed by atoms with Crippen LogP contribution in [0.15, 0.2) is 36.4 Å². The summed E-state index contributed by atoms with van der Waals surface area (Å²) >= 11 is 3.96. The molecule has 0 bridgehead atoms. The van der Waals surface area contributed by atoms with E-state index in [2.05, 4.69) is 55.2 Å². The fraction of sp³-hybridized carbons (Fsp3) is 0.360. The monoisotopic (exact) mass is 435 g/mol. The van der Waals surface area contributed by atoms with E-state index in [9.17, 15) is 10.5 Å². The van der Waals surface area contributed by atoms with Crippen LogP contribution in [0.3, 0.4) is 0 Å². The maximum Gasteiger partial charge on any atom is 0.0998 e. The van der Waals surface area contributed by atoms with Gasteiger partial charge in [0.25, 0.3) is 0 Å². The number of nitrogens with zero attached hydrogens (tertiary/aromatic N) is 3. The van der Waals surface area contributed by atoms with E-state index < -0.39 is 0 Å². The topological polar surface area (TPSA) is 50.8 Å². The molecule has 2 rings (SSSR count). The van der Waals surface area contributed by atoms with Crippen LogP contribution >= 0.6 is 23.5 Å². The van der Waals surface area contributed by atoms with Crippen LogP contribution in [0.2, 0.25) is 0 Å². The quantitative estimate of drug-likeness (QED) is 0.310. The van der Waals surface area contributed by atoms with Gasteiger partial charge in [-0.25, -0.2) is 0 Å². The van der Waals surface area contributed by atoms with Gasteiger partial charge >= 0.3 is 0 Å². The Morgan fingerprint density at radius 2 is 1.47 bits per heavy atom. The minimum Gasteiger partial charge on any atom is -0.370 e. The van der Waals surface area contributed by atoms with Gasteiger partial charge in [0.15, 0.2) is 0 Å². The molecule has 0 N–H and O–H groups in total. The highest BCUT2D eigenvalue weighted by Gasteiger charge is 2.07. The van der Waals surface area contributed by atoms with Crippen LogP contribution in [-0.2, 0) is 0 Å². The molecule has 2 aromatic carbocycles. The summed E-state index contributed by atoms with van der Waals surface area (Å²) in [6, 6.07) is 16.6. The minimum atomic E-state index is 0.590. The second-order valence-electron chi connectivity index (χ2n) is 6.78. The lowest BCUT2D eigenvalue weighted by atomic mass is 9.99. The molecule has 0 radical (unpaired) electrons. The van der Waals surface area contributed by atoms with Gasteiger partial charge < -0.3 is 4.90 Å². The molecule has 3 nitrogen and oxygen atoms in total. The SMILES string of the molecule is CCSCCN(CCSCC)c1ccc(/C=C/c2cc(C#N)c(C)cc2C#N)cc1. The Labute approximate surface area is 189 Å². The predicted molar refractivity (Wildman–Crippen MR) is 134 cm³/mol. The van der Waals surface area contributed by atoms with E-state index >= 15 is 0 Å². The molecule has 5 heteroatoms. The summed E-state index contributed by atoms with van der Waals surface area (Å²) in [6.45, 7) is 8.38. The van der Waals surface area contributed by atoms with E-state index in [0.29, 0.717) is 11.1 Å². The Kier molecular flexibility index (Phi) is 10.4. The van der Waals surface area contributed by atoms with E-state index in [1.807, 2.05) is 42.6 Å². The minimum absolute atomic E-state index is 0.590. The van der Waals surface area contributed by atoms with Crippen LogP contribution in [0.4, 0.5) is 5.69 Å². The van der Waals surface area contributed by atoms with Crippen LogP contribution in [-0.4, -0.2) is 36.1 Å². The number of hydrogen-bond acceptors (Lipinski definition) is 5. The molecule has 0 aliphatic rings. The molecule has 30 heavy (non-hydrogen) atoms. The van der Waals surface area contributed by atoms with Crippen molar-refractivity contribution < 1.29 is 0 Å². The van der Waals surface area contributed by atoms with Crippen molar-refractivity contribution in [3.05, 3.63) is 64.2 Å². The largest absolute Gasteiger partial charge is 0.370 e. The van der Waals surface area contributed by atoms with Gasteiger partial charge in [0.2, 0.25) is 0 Å². The van der Waals surface area contributed by atoms with Crippen LogP contribution in [0.5, 0.6) is 0 Å². The summed E-state index contributed by atoms with van der Waals surface area (Å²) in [4.78, 5) is 2.46. The average molecular weight is 436 g/mol. The van der Waals surface area contributed by atoms with E-state index in [-0.39, 0.29) is 0 Å². The third kappa shape index (κ3) is 7.17. The third-order valence-electron chi connectivity index (χ3n) is 4.77. The van der Waals surface area contributed by atoms with E-state index in [4.69, 9.17) is 0 Å². The van der Waals surface area contributed by atoms with Gasteiger partial charge in [0.1, 0.15) is 0 Å². The number of thioether (sulfide) groups is 2. The molecule has 0 saturated heterocycles. The molecule has 0 amide bonds. The van der Waals surface area contributed by atoms with Gasteiger partial charge in [0, 0.05) is 30.3 Å². The maximum atomic E-state index is 9.40. The highest BCUT2D eigenvalue weighted by atomic mass is 32.2. The lowest BCUT2D eigenvalue weighted by molar-refractivity contribution is 0.879. The zero-order valence-corrected chi connectivity index (χ0v) is 19.7. The molecule has 156 valence electrons. The molecule has 0 fully saturated rings. The first-order chi connectivity index (χ1) is 14.6. The molecule has 0 heterocycles. The van der Waals surface area contributed by atoms with Gasteiger partial charge in [-0.2, -0.15) is 34.0 Å². The van der Waals surface area contributed by atoms with Gasteiger partial charge in [-0.15, -0.1) is 0 Å². The number of nitriles is 2. The van der Waals surface area contributed by atoms with Gasteiger partial charge in [0.05, 0.1) is 23.3 Å². The normalized spacial score (nSPS) is 10.7. The van der Waals surface area contributed by atoms with Crippen molar-refractivity contribution in [1.82, 2.24) is 0 Å². The first kappa shape index (κ1) is 23.9. The molecule has 2 aromatic rings. The van der Waals surface area contributed by atoms with E-state index in [1.165, 1.54) is 5.69 Å². The molecular formula is C25H29N3S2.